The van der Waals surface area contributed by atoms with E-state index in [1.54, 1.807) is 0 Å². The molecule has 1 atom stereocenters. The van der Waals surface area contributed by atoms with Crippen LogP contribution in [0.1, 0.15) is 22.9 Å². The van der Waals surface area contributed by atoms with Gasteiger partial charge < -0.3 is 14.6 Å². The summed E-state index contributed by atoms with van der Waals surface area (Å²) in [5.41, 5.74) is 4.38. The second-order valence-electron chi connectivity index (χ2n) is 7.30. The predicted molar refractivity (Wildman–Crippen MR) is 109 cm³/mol. The van der Waals surface area contributed by atoms with Crippen molar-refractivity contribution in [3.8, 4) is 0 Å². The third-order valence-corrected chi connectivity index (χ3v) is 5.76. The smallest absolute Gasteiger partial charge is 0.327 e. The van der Waals surface area contributed by atoms with Crippen molar-refractivity contribution in [1.82, 2.24) is 9.47 Å². The average molecular weight is 383 g/mol. The van der Waals surface area contributed by atoms with Crippen LogP contribution < -0.4 is 0 Å². The normalized spacial score (nSPS) is 16.1. The van der Waals surface area contributed by atoms with E-state index in [9.17, 15) is 9.90 Å². The molecular weight excluding hydrogens is 360 g/mol. The highest BCUT2D eigenvalue weighted by molar-refractivity contribution is 6.31. The Morgan fingerprint density at radius 3 is 2.63 bits per heavy atom. The van der Waals surface area contributed by atoms with Gasteiger partial charge in [0.05, 0.1) is 0 Å². The summed E-state index contributed by atoms with van der Waals surface area (Å²) >= 11 is 6.28. The van der Waals surface area contributed by atoms with Crippen LogP contribution >= 0.6 is 11.6 Å². The molecule has 1 unspecified atom stereocenters. The maximum Gasteiger partial charge on any atom is 0.327 e. The molecule has 0 saturated carbocycles. The minimum absolute atomic E-state index is 0.463. The molecule has 2 aromatic carbocycles. The third kappa shape index (κ3) is 3.47. The first-order valence-corrected chi connectivity index (χ1v) is 9.69. The lowest BCUT2D eigenvalue weighted by Crippen LogP contribution is -2.25. The number of carboxylic acids is 1. The Kier molecular flexibility index (Phi) is 4.94. The number of carboxylic acid groups (broad SMARTS) is 1. The van der Waals surface area contributed by atoms with Crippen molar-refractivity contribution in [2.45, 2.75) is 25.3 Å². The molecule has 27 heavy (non-hydrogen) atoms. The SMILES string of the molecule is CN1CCc2c(n(C(Cc3ccccc3)C(=O)O)c3ccc(Cl)cc23)CC1. The number of aliphatic carboxylic acids is 1. The first kappa shape index (κ1) is 18.1. The van der Waals surface area contributed by atoms with E-state index in [1.165, 1.54) is 5.56 Å². The number of hydrogen-bond acceptors (Lipinski definition) is 2. The summed E-state index contributed by atoms with van der Waals surface area (Å²) in [6.07, 6.45) is 2.22. The van der Waals surface area contributed by atoms with Gasteiger partial charge in [0.25, 0.3) is 0 Å². The zero-order valence-corrected chi connectivity index (χ0v) is 16.1. The maximum atomic E-state index is 12.3. The van der Waals surface area contributed by atoms with Crippen molar-refractivity contribution < 1.29 is 9.90 Å². The fourth-order valence-corrected chi connectivity index (χ4v) is 4.32. The van der Waals surface area contributed by atoms with E-state index in [4.69, 9.17) is 11.6 Å². The first-order chi connectivity index (χ1) is 13.0. The Hall–Kier alpha value is -2.30. The Labute approximate surface area is 164 Å². The van der Waals surface area contributed by atoms with Crippen LogP contribution in [0.25, 0.3) is 10.9 Å². The van der Waals surface area contributed by atoms with Gasteiger partial charge in [-0.2, -0.15) is 0 Å². The number of halogens is 1. The Balaban J connectivity index is 1.89. The highest BCUT2D eigenvalue weighted by Crippen LogP contribution is 2.34. The van der Waals surface area contributed by atoms with Crippen molar-refractivity contribution in [2.24, 2.45) is 0 Å². The predicted octanol–water partition coefficient (Wildman–Crippen LogP) is 4.19. The van der Waals surface area contributed by atoms with Gasteiger partial charge >= 0.3 is 5.97 Å². The van der Waals surface area contributed by atoms with Gasteiger partial charge in [0, 0.05) is 47.6 Å². The van der Waals surface area contributed by atoms with Crippen LogP contribution in [0.2, 0.25) is 5.02 Å². The molecule has 1 aliphatic rings. The van der Waals surface area contributed by atoms with Gasteiger partial charge in [-0.3, -0.25) is 0 Å². The number of hydrogen-bond donors (Lipinski definition) is 1. The van der Waals surface area contributed by atoms with E-state index in [0.717, 1.165) is 48.1 Å². The van der Waals surface area contributed by atoms with Gasteiger partial charge in [-0.25, -0.2) is 4.79 Å². The second-order valence-corrected chi connectivity index (χ2v) is 7.74. The standard InChI is InChI=1S/C22H23ClN2O2/c1-24-11-9-17-18-14-16(23)7-8-19(18)25(20(17)10-12-24)21(22(26)27)13-15-5-3-2-4-6-15/h2-8,14,21H,9-13H2,1H3,(H,26,27). The molecule has 0 fully saturated rings. The van der Waals surface area contributed by atoms with Crippen LogP contribution in [0.15, 0.2) is 48.5 Å². The van der Waals surface area contributed by atoms with Crippen molar-refractivity contribution in [3.63, 3.8) is 0 Å². The number of likely N-dealkylation sites (N-methyl/N-ethyl adjacent to an activating group) is 1. The van der Waals surface area contributed by atoms with Crippen molar-refractivity contribution in [1.29, 1.82) is 0 Å². The van der Waals surface area contributed by atoms with Gasteiger partial charge in [-0.15, -0.1) is 0 Å². The molecule has 5 heteroatoms. The monoisotopic (exact) mass is 382 g/mol. The first-order valence-electron chi connectivity index (χ1n) is 9.31. The summed E-state index contributed by atoms with van der Waals surface area (Å²) in [6.45, 7) is 1.89. The van der Waals surface area contributed by atoms with Gasteiger partial charge in [0.15, 0.2) is 0 Å². The lowest BCUT2D eigenvalue weighted by Gasteiger charge is -2.20. The molecule has 4 nitrogen and oxygen atoms in total. The molecule has 0 saturated heterocycles. The van der Waals surface area contributed by atoms with Crippen molar-refractivity contribution in [3.05, 3.63) is 70.4 Å². The molecule has 0 spiro atoms. The Morgan fingerprint density at radius 1 is 1.15 bits per heavy atom. The lowest BCUT2D eigenvalue weighted by atomic mass is 10.0. The number of carbonyl (C=O) groups is 1. The second kappa shape index (κ2) is 7.37. The largest absolute Gasteiger partial charge is 0.480 e. The van der Waals surface area contributed by atoms with E-state index in [2.05, 4.69) is 16.5 Å². The van der Waals surface area contributed by atoms with Crippen LogP contribution in [0, 0.1) is 0 Å². The highest BCUT2D eigenvalue weighted by atomic mass is 35.5. The van der Waals surface area contributed by atoms with Crippen LogP contribution in [0.3, 0.4) is 0 Å². The molecule has 140 valence electrons. The molecule has 1 aliphatic heterocycles. The number of aromatic nitrogens is 1. The van der Waals surface area contributed by atoms with Gasteiger partial charge in [-0.05, 0) is 42.8 Å². The summed E-state index contributed by atoms with van der Waals surface area (Å²) in [7, 11) is 2.12. The van der Waals surface area contributed by atoms with Crippen LogP contribution in [0.4, 0.5) is 0 Å². The molecule has 0 bridgehead atoms. The lowest BCUT2D eigenvalue weighted by molar-refractivity contribution is -0.140. The number of nitrogens with zero attached hydrogens (tertiary/aromatic N) is 2. The molecule has 2 heterocycles. The van der Waals surface area contributed by atoms with E-state index in [1.807, 2.05) is 48.5 Å². The summed E-state index contributed by atoms with van der Waals surface area (Å²) in [5.74, 6) is -0.800. The highest BCUT2D eigenvalue weighted by Gasteiger charge is 2.28. The molecular formula is C22H23ClN2O2. The van der Waals surface area contributed by atoms with E-state index >= 15 is 0 Å². The average Bonchev–Trinajstić information content (AvgIpc) is 2.81. The Morgan fingerprint density at radius 2 is 1.89 bits per heavy atom. The van der Waals surface area contributed by atoms with E-state index in [0.29, 0.717) is 11.4 Å². The molecule has 0 radical (unpaired) electrons. The summed E-state index contributed by atoms with van der Waals surface area (Å²) in [6, 6.07) is 15.0. The minimum Gasteiger partial charge on any atom is -0.480 e. The summed E-state index contributed by atoms with van der Waals surface area (Å²) in [5, 5.41) is 11.9. The van der Waals surface area contributed by atoms with Crippen LogP contribution in [-0.4, -0.2) is 40.7 Å². The Bertz CT molecular complexity index is 981. The number of rotatable bonds is 4. The fourth-order valence-electron chi connectivity index (χ4n) is 4.15. The minimum atomic E-state index is -0.800. The quantitative estimate of drug-likeness (QED) is 0.735. The van der Waals surface area contributed by atoms with Crippen molar-refractivity contribution in [2.75, 3.05) is 20.1 Å². The van der Waals surface area contributed by atoms with Gasteiger partial charge in [-0.1, -0.05) is 41.9 Å². The molecule has 1 aromatic heterocycles. The maximum absolute atomic E-state index is 12.3. The van der Waals surface area contributed by atoms with Crippen molar-refractivity contribution >= 4 is 28.5 Å². The topological polar surface area (TPSA) is 45.5 Å². The molecule has 1 N–H and O–H groups in total. The zero-order valence-electron chi connectivity index (χ0n) is 15.4. The number of benzene rings is 2. The van der Waals surface area contributed by atoms with Gasteiger partial charge in [0.2, 0.25) is 0 Å². The summed E-state index contributed by atoms with van der Waals surface area (Å²) < 4.78 is 2.05. The zero-order chi connectivity index (χ0) is 19.0. The van der Waals surface area contributed by atoms with Crippen LogP contribution in [0.5, 0.6) is 0 Å². The summed E-state index contributed by atoms with van der Waals surface area (Å²) in [4.78, 5) is 14.6. The molecule has 3 aromatic rings. The van der Waals surface area contributed by atoms with E-state index < -0.39 is 12.0 Å². The molecule has 0 amide bonds. The van der Waals surface area contributed by atoms with Gasteiger partial charge in [0.1, 0.15) is 6.04 Å². The van der Waals surface area contributed by atoms with Crippen LogP contribution in [-0.2, 0) is 24.1 Å². The molecule has 0 aliphatic carbocycles. The van der Waals surface area contributed by atoms with E-state index in [-0.39, 0.29) is 0 Å². The fraction of sp³-hybridized carbons (Fsp3) is 0.318. The third-order valence-electron chi connectivity index (χ3n) is 5.52. The number of fused-ring (bicyclic) bond motifs is 3. The molecule has 4 rings (SSSR count).